The lowest BCUT2D eigenvalue weighted by atomic mass is 9.85. The minimum Gasteiger partial charge on any atom is -0.465 e. The molecule has 2 aromatic carbocycles. The van der Waals surface area contributed by atoms with Gasteiger partial charge in [-0.15, -0.1) is 0 Å². The Morgan fingerprint density at radius 1 is 0.625 bits per heavy atom. The Bertz CT molecular complexity index is 860. The van der Waals surface area contributed by atoms with E-state index in [-0.39, 0.29) is 0 Å². The van der Waals surface area contributed by atoms with E-state index in [1.807, 2.05) is 60.7 Å². The van der Waals surface area contributed by atoms with Crippen LogP contribution in [-0.2, 0) is 19.1 Å². The van der Waals surface area contributed by atoms with Crippen LogP contribution in [0.15, 0.2) is 71.8 Å². The monoisotopic (exact) mass is 434 g/mol. The van der Waals surface area contributed by atoms with Gasteiger partial charge < -0.3 is 9.47 Å². The average Bonchev–Trinajstić information content (AvgIpc) is 2.85. The molecular weight excluding hydrogens is 400 g/mol. The van der Waals surface area contributed by atoms with Gasteiger partial charge in [0.2, 0.25) is 0 Å². The topological polar surface area (TPSA) is 52.6 Å². The molecule has 170 valence electrons. The zero-order valence-corrected chi connectivity index (χ0v) is 19.6. The smallest absolute Gasteiger partial charge is 0.339 e. The van der Waals surface area contributed by atoms with E-state index in [1.165, 1.54) is 14.2 Å². The highest BCUT2D eigenvalue weighted by molar-refractivity contribution is 6.16. The summed E-state index contributed by atoms with van der Waals surface area (Å²) in [5.74, 6) is -1.05. The van der Waals surface area contributed by atoms with Crippen molar-refractivity contribution in [3.8, 4) is 0 Å². The second kappa shape index (κ2) is 13.3. The van der Waals surface area contributed by atoms with Gasteiger partial charge in [0, 0.05) is 0 Å². The molecule has 0 atom stereocenters. The highest BCUT2D eigenvalue weighted by atomic mass is 16.5. The molecule has 0 aliphatic rings. The summed E-state index contributed by atoms with van der Waals surface area (Å²) in [4.78, 5) is 26.5. The van der Waals surface area contributed by atoms with Crippen LogP contribution in [0.2, 0.25) is 0 Å². The van der Waals surface area contributed by atoms with Gasteiger partial charge in [-0.25, -0.2) is 9.59 Å². The first kappa shape index (κ1) is 25.1. The van der Waals surface area contributed by atoms with E-state index < -0.39 is 11.9 Å². The minimum absolute atomic E-state index is 0.300. The van der Waals surface area contributed by atoms with Gasteiger partial charge in [0.25, 0.3) is 0 Å². The summed E-state index contributed by atoms with van der Waals surface area (Å²) in [6, 6.07) is 19.5. The van der Waals surface area contributed by atoms with E-state index in [9.17, 15) is 9.59 Å². The van der Waals surface area contributed by atoms with Crippen LogP contribution < -0.4 is 0 Å². The fourth-order valence-electron chi connectivity index (χ4n) is 3.77. The van der Waals surface area contributed by atoms with E-state index in [1.54, 1.807) is 0 Å². The predicted octanol–water partition coefficient (Wildman–Crippen LogP) is 6.62. The van der Waals surface area contributed by atoms with Gasteiger partial charge in [0.1, 0.15) is 0 Å². The second-order valence-electron chi connectivity index (χ2n) is 7.63. The summed E-state index contributed by atoms with van der Waals surface area (Å²) in [6.07, 6.45) is 5.00. The summed E-state index contributed by atoms with van der Waals surface area (Å²) < 4.78 is 10.4. The fraction of sp³-hybridized carbons (Fsp3) is 0.357. The number of carbonyl (C=O) groups is 2. The summed E-state index contributed by atoms with van der Waals surface area (Å²) in [6.45, 7) is 4.21. The van der Waals surface area contributed by atoms with Crippen LogP contribution in [0.1, 0.15) is 63.5 Å². The molecule has 0 bridgehead atoms. The fourth-order valence-corrected chi connectivity index (χ4v) is 3.77. The molecule has 0 heterocycles. The van der Waals surface area contributed by atoms with Crippen LogP contribution in [0, 0.1) is 0 Å². The van der Waals surface area contributed by atoms with E-state index in [4.69, 9.17) is 9.47 Å². The Morgan fingerprint density at radius 2 is 0.969 bits per heavy atom. The zero-order valence-electron chi connectivity index (χ0n) is 19.6. The summed E-state index contributed by atoms with van der Waals surface area (Å²) in [5.41, 5.74) is 4.04. The molecule has 0 saturated carbocycles. The van der Waals surface area contributed by atoms with Crippen molar-refractivity contribution in [2.24, 2.45) is 0 Å². The lowest BCUT2D eigenvalue weighted by molar-refractivity contribution is -0.139. The van der Waals surface area contributed by atoms with E-state index in [2.05, 4.69) is 13.8 Å². The number of ether oxygens (including phenoxy) is 2. The lowest BCUT2D eigenvalue weighted by Gasteiger charge is -2.20. The Balaban J connectivity index is 2.96. The third kappa shape index (κ3) is 6.43. The van der Waals surface area contributed by atoms with Crippen molar-refractivity contribution in [1.82, 2.24) is 0 Å². The quantitative estimate of drug-likeness (QED) is 0.226. The summed E-state index contributed by atoms with van der Waals surface area (Å²) in [7, 11) is 2.71. The number of unbranched alkanes of at least 4 members (excludes halogenated alkanes) is 2. The van der Waals surface area contributed by atoms with Crippen molar-refractivity contribution in [2.75, 3.05) is 14.2 Å². The number of allylic oxidation sites excluding steroid dienone is 2. The first-order valence-corrected chi connectivity index (χ1v) is 11.3. The molecule has 0 amide bonds. The maximum Gasteiger partial charge on any atom is 0.339 e. The van der Waals surface area contributed by atoms with Crippen LogP contribution in [0.25, 0.3) is 11.1 Å². The molecule has 0 N–H and O–H groups in total. The van der Waals surface area contributed by atoms with Crippen LogP contribution in [0.3, 0.4) is 0 Å². The lowest BCUT2D eigenvalue weighted by Crippen LogP contribution is -2.19. The maximum atomic E-state index is 13.2. The first-order chi connectivity index (χ1) is 15.6. The molecule has 2 aromatic rings. The minimum atomic E-state index is -0.523. The van der Waals surface area contributed by atoms with Crippen molar-refractivity contribution in [3.63, 3.8) is 0 Å². The maximum absolute atomic E-state index is 13.2. The number of hydrogen-bond donors (Lipinski definition) is 0. The highest BCUT2D eigenvalue weighted by Gasteiger charge is 2.30. The molecule has 4 nitrogen and oxygen atoms in total. The number of rotatable bonds is 11. The molecule has 0 spiro atoms. The molecule has 0 aliphatic heterocycles. The Kier molecular flexibility index (Phi) is 10.5. The Labute approximate surface area is 191 Å². The molecule has 0 radical (unpaired) electrons. The van der Waals surface area contributed by atoms with E-state index >= 15 is 0 Å². The van der Waals surface area contributed by atoms with Gasteiger partial charge >= 0.3 is 11.9 Å². The van der Waals surface area contributed by atoms with Gasteiger partial charge in [-0.2, -0.15) is 0 Å². The third-order valence-electron chi connectivity index (χ3n) is 5.44. The van der Waals surface area contributed by atoms with Crippen LogP contribution in [0.5, 0.6) is 0 Å². The van der Waals surface area contributed by atoms with Gasteiger partial charge in [-0.1, -0.05) is 87.4 Å². The normalized spacial score (nSPS) is 12.5. The number of carbonyl (C=O) groups excluding carboxylic acids is 2. The Morgan fingerprint density at radius 3 is 1.25 bits per heavy atom. The van der Waals surface area contributed by atoms with Gasteiger partial charge in [-0.05, 0) is 48.0 Å². The molecule has 0 aliphatic carbocycles. The standard InChI is InChI=1S/C28H34O4/c1-5-7-19-23(21-15-11-9-12-16-21)25(27(29)31-3)26(28(30)32-4)24(20-8-6-2)22-17-13-10-14-18-22/h9-18H,5-8,19-20H2,1-4H3/b25-23-,26-24-. The molecule has 0 unspecified atom stereocenters. The molecule has 0 saturated heterocycles. The summed E-state index contributed by atoms with van der Waals surface area (Å²) in [5, 5.41) is 0. The largest absolute Gasteiger partial charge is 0.465 e. The van der Waals surface area contributed by atoms with Crippen LogP contribution in [-0.4, -0.2) is 26.2 Å². The first-order valence-electron chi connectivity index (χ1n) is 11.3. The SMILES string of the molecule is CCCC/C(=C(C(=O)OC)\C(C(=O)OC)=C(/CCCC)c1ccccc1)c1ccccc1. The molecule has 2 rings (SSSR count). The molecule has 32 heavy (non-hydrogen) atoms. The van der Waals surface area contributed by atoms with Gasteiger partial charge in [0.05, 0.1) is 25.4 Å². The molecule has 0 fully saturated rings. The van der Waals surface area contributed by atoms with Crippen molar-refractivity contribution in [2.45, 2.75) is 52.4 Å². The third-order valence-corrected chi connectivity index (χ3v) is 5.44. The Hall–Kier alpha value is -3.14. The average molecular weight is 435 g/mol. The number of hydrogen-bond acceptors (Lipinski definition) is 4. The van der Waals surface area contributed by atoms with E-state index in [0.717, 1.165) is 48.0 Å². The predicted molar refractivity (Wildman–Crippen MR) is 130 cm³/mol. The van der Waals surface area contributed by atoms with E-state index in [0.29, 0.717) is 24.0 Å². The highest BCUT2D eigenvalue weighted by Crippen LogP contribution is 2.36. The second-order valence-corrected chi connectivity index (χ2v) is 7.63. The van der Waals surface area contributed by atoms with Crippen LogP contribution in [0.4, 0.5) is 0 Å². The summed E-state index contributed by atoms with van der Waals surface area (Å²) >= 11 is 0. The van der Waals surface area contributed by atoms with Gasteiger partial charge in [-0.3, -0.25) is 0 Å². The van der Waals surface area contributed by atoms with Crippen LogP contribution >= 0.6 is 0 Å². The van der Waals surface area contributed by atoms with Gasteiger partial charge in [0.15, 0.2) is 0 Å². The molecule has 0 aromatic heterocycles. The van der Waals surface area contributed by atoms with Crippen molar-refractivity contribution < 1.29 is 19.1 Å². The van der Waals surface area contributed by atoms with Crippen molar-refractivity contribution >= 4 is 23.1 Å². The number of methoxy groups -OCH3 is 2. The van der Waals surface area contributed by atoms with Crippen molar-refractivity contribution in [1.29, 1.82) is 0 Å². The number of benzene rings is 2. The number of esters is 2. The van der Waals surface area contributed by atoms with Crippen molar-refractivity contribution in [3.05, 3.63) is 82.9 Å². The molecule has 4 heteroatoms. The zero-order chi connectivity index (χ0) is 23.3. The molecular formula is C28H34O4.